The second kappa shape index (κ2) is 7.51. The lowest BCUT2D eigenvalue weighted by atomic mass is 10.2. The first-order valence-corrected chi connectivity index (χ1v) is 9.87. The SMILES string of the molecule is NC(CNC(=O)c1ccccc1SCc1cn2ccccc2n1)C1CC1. The first kappa shape index (κ1) is 17.1. The fourth-order valence-corrected chi connectivity index (χ4v) is 3.92. The topological polar surface area (TPSA) is 72.4 Å². The van der Waals surface area contributed by atoms with Gasteiger partial charge in [-0.2, -0.15) is 0 Å². The molecule has 1 atom stereocenters. The molecule has 1 aromatic carbocycles. The van der Waals surface area contributed by atoms with Crippen LogP contribution < -0.4 is 11.1 Å². The molecule has 1 amide bonds. The van der Waals surface area contributed by atoms with Gasteiger partial charge in [-0.15, -0.1) is 11.8 Å². The summed E-state index contributed by atoms with van der Waals surface area (Å²) in [6.07, 6.45) is 6.38. The van der Waals surface area contributed by atoms with Crippen molar-refractivity contribution in [3.05, 3.63) is 66.1 Å². The summed E-state index contributed by atoms with van der Waals surface area (Å²) in [5.74, 6) is 1.24. The summed E-state index contributed by atoms with van der Waals surface area (Å²) in [6, 6.07) is 13.7. The highest BCUT2D eigenvalue weighted by Gasteiger charge is 2.28. The number of aromatic nitrogens is 2. The van der Waals surface area contributed by atoms with Gasteiger partial charge in [0.2, 0.25) is 0 Å². The Bertz CT molecular complexity index is 886. The molecule has 1 unspecified atom stereocenters. The molecule has 1 aliphatic carbocycles. The zero-order valence-corrected chi connectivity index (χ0v) is 15.3. The average Bonchev–Trinajstić information content (AvgIpc) is 3.44. The van der Waals surface area contributed by atoms with Crippen LogP contribution in [-0.4, -0.2) is 27.9 Å². The Kier molecular flexibility index (Phi) is 4.95. The highest BCUT2D eigenvalue weighted by molar-refractivity contribution is 7.98. The Balaban J connectivity index is 1.42. The Morgan fingerprint density at radius 3 is 2.88 bits per heavy atom. The number of amides is 1. The van der Waals surface area contributed by atoms with Crippen molar-refractivity contribution in [2.24, 2.45) is 11.7 Å². The van der Waals surface area contributed by atoms with Gasteiger partial charge in [0.05, 0.1) is 11.3 Å². The van der Waals surface area contributed by atoms with E-state index in [0.717, 1.165) is 16.2 Å². The smallest absolute Gasteiger partial charge is 0.252 e. The van der Waals surface area contributed by atoms with Crippen LogP contribution in [0.15, 0.2) is 59.8 Å². The molecule has 4 rings (SSSR count). The zero-order chi connectivity index (χ0) is 17.9. The number of nitrogens with two attached hydrogens (primary N) is 1. The standard InChI is InChI=1S/C20H22N4OS/c21-17(14-8-9-14)11-22-20(25)16-5-1-2-6-18(16)26-13-15-12-24-10-4-3-7-19(24)23-15/h1-7,10,12,14,17H,8-9,11,13,21H2,(H,22,25). The lowest BCUT2D eigenvalue weighted by molar-refractivity contribution is 0.0947. The van der Waals surface area contributed by atoms with Crippen LogP contribution in [0, 0.1) is 5.92 Å². The Morgan fingerprint density at radius 1 is 1.27 bits per heavy atom. The van der Waals surface area contributed by atoms with Gasteiger partial charge in [0.1, 0.15) is 5.65 Å². The monoisotopic (exact) mass is 366 g/mol. The van der Waals surface area contributed by atoms with Gasteiger partial charge in [0.15, 0.2) is 0 Å². The molecular formula is C20H22N4OS. The molecule has 3 N–H and O–H groups in total. The molecule has 1 aliphatic rings. The summed E-state index contributed by atoms with van der Waals surface area (Å²) in [7, 11) is 0. The van der Waals surface area contributed by atoms with Gasteiger partial charge in [0.25, 0.3) is 5.91 Å². The molecule has 5 nitrogen and oxygen atoms in total. The first-order chi connectivity index (χ1) is 12.7. The molecule has 2 aromatic heterocycles. The fourth-order valence-electron chi connectivity index (χ4n) is 2.99. The van der Waals surface area contributed by atoms with Crippen molar-refractivity contribution in [2.45, 2.75) is 29.5 Å². The van der Waals surface area contributed by atoms with Crippen LogP contribution in [0.4, 0.5) is 0 Å². The van der Waals surface area contributed by atoms with Crippen LogP contribution in [0.3, 0.4) is 0 Å². The predicted octanol–water partition coefficient (Wildman–Crippen LogP) is 3.09. The van der Waals surface area contributed by atoms with Gasteiger partial charge in [-0.05, 0) is 43.0 Å². The largest absolute Gasteiger partial charge is 0.350 e. The highest BCUT2D eigenvalue weighted by Crippen LogP contribution is 2.31. The molecule has 2 heterocycles. The lowest BCUT2D eigenvalue weighted by Crippen LogP contribution is -2.38. The van der Waals surface area contributed by atoms with Gasteiger partial charge in [-0.1, -0.05) is 18.2 Å². The van der Waals surface area contributed by atoms with Gasteiger partial charge in [-0.25, -0.2) is 4.98 Å². The number of carbonyl (C=O) groups excluding carboxylic acids is 1. The van der Waals surface area contributed by atoms with E-state index in [1.54, 1.807) is 11.8 Å². The molecule has 0 spiro atoms. The third-order valence-electron chi connectivity index (χ3n) is 4.65. The lowest BCUT2D eigenvalue weighted by Gasteiger charge is -2.13. The van der Waals surface area contributed by atoms with Crippen molar-refractivity contribution < 1.29 is 4.79 Å². The van der Waals surface area contributed by atoms with Gasteiger partial charge >= 0.3 is 0 Å². The van der Waals surface area contributed by atoms with Gasteiger partial charge in [0, 0.05) is 35.6 Å². The van der Waals surface area contributed by atoms with Crippen molar-refractivity contribution in [1.29, 1.82) is 0 Å². The van der Waals surface area contributed by atoms with Crippen molar-refractivity contribution in [1.82, 2.24) is 14.7 Å². The van der Waals surface area contributed by atoms with E-state index < -0.39 is 0 Å². The summed E-state index contributed by atoms with van der Waals surface area (Å²) in [4.78, 5) is 18.1. The second-order valence-electron chi connectivity index (χ2n) is 6.69. The molecule has 1 saturated carbocycles. The van der Waals surface area contributed by atoms with E-state index in [2.05, 4.69) is 10.3 Å². The number of imidazole rings is 1. The average molecular weight is 366 g/mol. The van der Waals surface area contributed by atoms with Crippen LogP contribution in [-0.2, 0) is 5.75 Å². The fraction of sp³-hybridized carbons (Fsp3) is 0.300. The van der Waals surface area contributed by atoms with Crippen LogP contribution in [0.5, 0.6) is 0 Å². The van der Waals surface area contributed by atoms with E-state index in [0.29, 0.717) is 23.8 Å². The summed E-state index contributed by atoms with van der Waals surface area (Å²) in [5.41, 5.74) is 8.71. The van der Waals surface area contributed by atoms with E-state index >= 15 is 0 Å². The van der Waals surface area contributed by atoms with Crippen molar-refractivity contribution in [2.75, 3.05) is 6.54 Å². The number of pyridine rings is 1. The predicted molar refractivity (Wildman–Crippen MR) is 104 cm³/mol. The molecule has 1 fully saturated rings. The minimum Gasteiger partial charge on any atom is -0.350 e. The third kappa shape index (κ3) is 3.92. The Labute approximate surface area is 157 Å². The molecule has 0 radical (unpaired) electrons. The molecule has 0 bridgehead atoms. The number of rotatable bonds is 7. The zero-order valence-electron chi connectivity index (χ0n) is 14.5. The van der Waals surface area contributed by atoms with Gasteiger partial charge in [-0.3, -0.25) is 4.79 Å². The van der Waals surface area contributed by atoms with Crippen LogP contribution in [0.25, 0.3) is 5.65 Å². The molecule has 3 aromatic rings. The van der Waals surface area contributed by atoms with E-state index in [1.807, 2.05) is 59.3 Å². The van der Waals surface area contributed by atoms with Crippen molar-refractivity contribution in [3.8, 4) is 0 Å². The first-order valence-electron chi connectivity index (χ1n) is 8.89. The molecular weight excluding hydrogens is 344 g/mol. The number of fused-ring (bicyclic) bond motifs is 1. The number of hydrogen-bond acceptors (Lipinski definition) is 4. The quantitative estimate of drug-likeness (QED) is 0.630. The van der Waals surface area contributed by atoms with E-state index in [-0.39, 0.29) is 11.9 Å². The normalized spacial score (nSPS) is 15.1. The molecule has 0 aliphatic heterocycles. The van der Waals surface area contributed by atoms with Gasteiger partial charge < -0.3 is 15.5 Å². The minimum absolute atomic E-state index is 0.0563. The summed E-state index contributed by atoms with van der Waals surface area (Å²) in [6.45, 7) is 0.537. The maximum absolute atomic E-state index is 12.6. The maximum Gasteiger partial charge on any atom is 0.252 e. The molecule has 0 saturated heterocycles. The van der Waals surface area contributed by atoms with Crippen molar-refractivity contribution >= 4 is 23.3 Å². The Morgan fingerprint density at radius 2 is 2.08 bits per heavy atom. The van der Waals surface area contributed by atoms with Crippen LogP contribution in [0.1, 0.15) is 28.9 Å². The maximum atomic E-state index is 12.6. The number of benzene rings is 1. The number of carbonyl (C=O) groups is 1. The number of nitrogens with one attached hydrogen (secondary N) is 1. The third-order valence-corrected chi connectivity index (χ3v) is 5.75. The van der Waals surface area contributed by atoms with E-state index in [4.69, 9.17) is 5.73 Å². The van der Waals surface area contributed by atoms with Crippen molar-refractivity contribution in [3.63, 3.8) is 0 Å². The molecule has 26 heavy (non-hydrogen) atoms. The summed E-state index contributed by atoms with van der Waals surface area (Å²) in [5, 5.41) is 2.98. The second-order valence-corrected chi connectivity index (χ2v) is 7.71. The summed E-state index contributed by atoms with van der Waals surface area (Å²) >= 11 is 1.63. The number of nitrogens with zero attached hydrogens (tertiary/aromatic N) is 2. The minimum atomic E-state index is -0.0563. The highest BCUT2D eigenvalue weighted by atomic mass is 32.2. The van der Waals surface area contributed by atoms with E-state index in [1.165, 1.54) is 12.8 Å². The van der Waals surface area contributed by atoms with Crippen LogP contribution in [0.2, 0.25) is 0 Å². The Hall–Kier alpha value is -2.31. The van der Waals surface area contributed by atoms with E-state index in [9.17, 15) is 4.79 Å². The number of hydrogen-bond donors (Lipinski definition) is 2. The molecule has 134 valence electrons. The summed E-state index contributed by atoms with van der Waals surface area (Å²) < 4.78 is 2.01. The molecule has 6 heteroatoms. The number of thioether (sulfide) groups is 1. The van der Waals surface area contributed by atoms with Crippen LogP contribution >= 0.6 is 11.8 Å².